The molecule has 0 aromatic rings. The van der Waals surface area contributed by atoms with Crippen molar-refractivity contribution in [3.05, 3.63) is 0 Å². The molecule has 2 heterocycles. The molecule has 0 bridgehead atoms. The number of urea groups is 1. The van der Waals surface area contributed by atoms with Crippen molar-refractivity contribution in [2.24, 2.45) is 0 Å². The van der Waals surface area contributed by atoms with Crippen LogP contribution in [0.5, 0.6) is 0 Å². The van der Waals surface area contributed by atoms with E-state index in [1.807, 2.05) is 11.8 Å². The second-order valence-corrected chi connectivity index (χ2v) is 9.27. The maximum Gasteiger partial charge on any atom is 0.315 e. The average Bonchev–Trinajstić information content (AvgIpc) is 3.09. The minimum atomic E-state index is -3.43. The van der Waals surface area contributed by atoms with Gasteiger partial charge in [0.25, 0.3) is 10.1 Å². The molecule has 3 amide bonds. The summed E-state index contributed by atoms with van der Waals surface area (Å²) in [6, 6.07) is 0.378. The van der Waals surface area contributed by atoms with E-state index in [0.29, 0.717) is 24.8 Å². The van der Waals surface area contributed by atoms with Gasteiger partial charge in [0.05, 0.1) is 38.2 Å². The number of hydrogen-bond donors (Lipinski definition) is 3. The van der Waals surface area contributed by atoms with Crippen LogP contribution in [0.1, 0.15) is 25.7 Å². The molecular weight excluding hydrogens is 382 g/mol. The van der Waals surface area contributed by atoms with Gasteiger partial charge < -0.3 is 20.7 Å². The largest absolute Gasteiger partial charge is 0.377 e. The molecule has 2 rings (SSSR count). The number of unbranched alkanes of at least 4 members (excludes halogenated alkanes) is 1. The highest BCUT2D eigenvalue weighted by molar-refractivity contribution is 8.00. The molecule has 3 N–H and O–H groups in total. The molecule has 0 spiro atoms. The molecule has 0 unspecified atom stereocenters. The number of hydrogen-bond acceptors (Lipinski definition) is 7. The molecule has 2 aliphatic heterocycles. The fraction of sp³-hybridized carbons (Fsp3) is 0.867. The van der Waals surface area contributed by atoms with E-state index in [2.05, 4.69) is 20.1 Å². The summed E-state index contributed by atoms with van der Waals surface area (Å²) in [4.78, 5) is 23.1. The first-order valence-corrected chi connectivity index (χ1v) is 11.6. The van der Waals surface area contributed by atoms with Crippen LogP contribution in [0.4, 0.5) is 4.79 Å². The van der Waals surface area contributed by atoms with Crippen LogP contribution in [0.15, 0.2) is 0 Å². The van der Waals surface area contributed by atoms with Crippen molar-refractivity contribution in [3.8, 4) is 0 Å². The van der Waals surface area contributed by atoms with Crippen molar-refractivity contribution in [1.29, 1.82) is 0 Å². The van der Waals surface area contributed by atoms with Crippen molar-refractivity contribution in [1.82, 2.24) is 16.0 Å². The fourth-order valence-corrected chi connectivity index (χ4v) is 4.89. The third kappa shape index (κ3) is 7.68. The van der Waals surface area contributed by atoms with Crippen molar-refractivity contribution in [2.45, 2.75) is 43.0 Å². The summed E-state index contributed by atoms with van der Waals surface area (Å²) in [7, 11) is -3.43. The summed E-state index contributed by atoms with van der Waals surface area (Å²) in [5.41, 5.74) is 0. The van der Waals surface area contributed by atoms with Gasteiger partial charge in [-0.15, -0.1) is 0 Å². The number of carbonyl (C=O) groups excluding carboxylic acids is 2. The van der Waals surface area contributed by atoms with E-state index in [-0.39, 0.29) is 37.2 Å². The van der Waals surface area contributed by atoms with Crippen molar-refractivity contribution < 1.29 is 26.9 Å². The SMILES string of the molecule is CS(=O)(=O)OCCOCCNC(=O)CCCC[C@@H]1SC[C@@H]2NC(=O)N[C@@H]21. The lowest BCUT2D eigenvalue weighted by Crippen LogP contribution is -2.36. The van der Waals surface area contributed by atoms with Gasteiger partial charge >= 0.3 is 6.03 Å². The average molecular weight is 410 g/mol. The Labute approximate surface area is 158 Å². The molecule has 11 heteroatoms. The summed E-state index contributed by atoms with van der Waals surface area (Å²) in [5.74, 6) is 0.929. The van der Waals surface area contributed by atoms with Gasteiger partial charge in [0.15, 0.2) is 0 Å². The van der Waals surface area contributed by atoms with Crippen LogP contribution < -0.4 is 16.0 Å². The number of ether oxygens (including phenoxy) is 1. The van der Waals surface area contributed by atoms with Crippen LogP contribution in [-0.4, -0.2) is 76.1 Å². The maximum atomic E-state index is 11.7. The number of rotatable bonds is 12. The van der Waals surface area contributed by atoms with Gasteiger partial charge in [0.2, 0.25) is 5.91 Å². The number of thioether (sulfide) groups is 1. The summed E-state index contributed by atoms with van der Waals surface area (Å²) in [5, 5.41) is 9.07. The molecule has 0 radical (unpaired) electrons. The van der Waals surface area contributed by atoms with E-state index < -0.39 is 10.1 Å². The van der Waals surface area contributed by atoms with Crippen molar-refractivity contribution in [2.75, 3.05) is 38.4 Å². The first-order chi connectivity index (χ1) is 12.3. The Hall–Kier alpha value is -1.04. The Balaban J connectivity index is 1.43. The Kier molecular flexibility index (Phi) is 8.45. The smallest absolute Gasteiger partial charge is 0.315 e. The Morgan fingerprint density at radius 1 is 1.27 bits per heavy atom. The highest BCUT2D eigenvalue weighted by atomic mass is 32.2. The predicted octanol–water partition coefficient (Wildman–Crippen LogP) is -0.179. The summed E-state index contributed by atoms with van der Waals surface area (Å²) in [6.45, 7) is 0.838. The van der Waals surface area contributed by atoms with E-state index in [9.17, 15) is 18.0 Å². The lowest BCUT2D eigenvalue weighted by atomic mass is 10.0. The third-order valence-corrected chi connectivity index (χ3v) is 6.28. The normalized spacial score (nSPS) is 24.8. The van der Waals surface area contributed by atoms with E-state index in [4.69, 9.17) is 4.74 Å². The quantitative estimate of drug-likeness (QED) is 0.232. The molecule has 0 aliphatic carbocycles. The van der Waals surface area contributed by atoms with Gasteiger partial charge in [-0.25, -0.2) is 4.79 Å². The number of amides is 3. The summed E-state index contributed by atoms with van der Waals surface area (Å²) < 4.78 is 31.2. The molecule has 26 heavy (non-hydrogen) atoms. The molecule has 2 saturated heterocycles. The Bertz CT molecular complexity index is 586. The second-order valence-electron chi connectivity index (χ2n) is 6.36. The van der Waals surface area contributed by atoms with Crippen LogP contribution in [0, 0.1) is 0 Å². The van der Waals surface area contributed by atoms with Gasteiger partial charge in [-0.2, -0.15) is 20.2 Å². The lowest BCUT2D eigenvalue weighted by Gasteiger charge is -2.16. The topological polar surface area (TPSA) is 123 Å². The van der Waals surface area contributed by atoms with Crippen molar-refractivity contribution >= 4 is 33.8 Å². The predicted molar refractivity (Wildman–Crippen MR) is 98.6 cm³/mol. The molecular formula is C15H27N3O6S2. The van der Waals surface area contributed by atoms with Crippen LogP contribution in [0.2, 0.25) is 0 Å². The fourth-order valence-electron chi connectivity index (χ4n) is 2.97. The van der Waals surface area contributed by atoms with Crippen LogP contribution >= 0.6 is 11.8 Å². The molecule has 0 aromatic carbocycles. The lowest BCUT2D eigenvalue weighted by molar-refractivity contribution is -0.121. The standard InChI is InChI=1S/C15H27N3O6S2/c1-26(21,22)24-9-8-23-7-6-16-13(19)5-3-2-4-12-14-11(10-25-12)17-15(20)18-14/h11-12,14H,2-10H2,1H3,(H,16,19)(H2,17,18,20)/t11-,12-,14-/m0/s1. The molecule has 9 nitrogen and oxygen atoms in total. The monoisotopic (exact) mass is 409 g/mol. The zero-order chi connectivity index (χ0) is 19.0. The highest BCUT2D eigenvalue weighted by Crippen LogP contribution is 2.33. The van der Waals surface area contributed by atoms with Gasteiger partial charge in [-0.05, 0) is 12.8 Å². The number of nitrogens with one attached hydrogen (secondary N) is 3. The van der Waals surface area contributed by atoms with Gasteiger partial charge in [-0.1, -0.05) is 6.42 Å². The first-order valence-electron chi connectivity index (χ1n) is 8.72. The number of carbonyl (C=O) groups is 2. The Morgan fingerprint density at radius 3 is 2.85 bits per heavy atom. The van der Waals surface area contributed by atoms with Crippen LogP contribution in [0.25, 0.3) is 0 Å². The zero-order valence-corrected chi connectivity index (χ0v) is 16.5. The zero-order valence-electron chi connectivity index (χ0n) is 14.9. The molecule has 150 valence electrons. The van der Waals surface area contributed by atoms with E-state index in [0.717, 1.165) is 31.3 Å². The van der Waals surface area contributed by atoms with E-state index in [1.54, 1.807) is 0 Å². The van der Waals surface area contributed by atoms with E-state index >= 15 is 0 Å². The maximum absolute atomic E-state index is 11.7. The van der Waals surface area contributed by atoms with E-state index in [1.165, 1.54) is 0 Å². The highest BCUT2D eigenvalue weighted by Gasteiger charge is 2.42. The summed E-state index contributed by atoms with van der Waals surface area (Å²) >= 11 is 1.88. The van der Waals surface area contributed by atoms with Gasteiger partial charge in [-0.3, -0.25) is 8.98 Å². The van der Waals surface area contributed by atoms with Crippen molar-refractivity contribution in [3.63, 3.8) is 0 Å². The minimum absolute atomic E-state index is 0.0197. The van der Waals surface area contributed by atoms with Crippen LogP contribution in [-0.2, 0) is 23.8 Å². The van der Waals surface area contributed by atoms with Gasteiger partial charge in [0, 0.05) is 24.0 Å². The molecule has 2 fully saturated rings. The summed E-state index contributed by atoms with van der Waals surface area (Å²) in [6.07, 6.45) is 4.20. The van der Waals surface area contributed by atoms with Gasteiger partial charge in [0.1, 0.15) is 0 Å². The number of fused-ring (bicyclic) bond motifs is 1. The van der Waals surface area contributed by atoms with Crippen LogP contribution in [0.3, 0.4) is 0 Å². The minimum Gasteiger partial charge on any atom is -0.377 e. The first kappa shape index (κ1) is 21.3. The third-order valence-electron chi connectivity index (χ3n) is 4.17. The second kappa shape index (κ2) is 10.3. The molecule has 0 aromatic heterocycles. The molecule has 3 atom stereocenters. The molecule has 0 saturated carbocycles. The Morgan fingerprint density at radius 2 is 2.08 bits per heavy atom. The molecule has 2 aliphatic rings.